The molecule has 0 saturated carbocycles. The second kappa shape index (κ2) is 4.71. The maximum absolute atomic E-state index is 5.38. The van der Waals surface area contributed by atoms with Gasteiger partial charge in [-0.2, -0.15) is 0 Å². The van der Waals surface area contributed by atoms with E-state index in [2.05, 4.69) is 42.0 Å². The summed E-state index contributed by atoms with van der Waals surface area (Å²) in [5, 5.41) is 1.41. The minimum absolute atomic E-state index is 0.827. The molecule has 0 aliphatic carbocycles. The molecule has 0 N–H and O–H groups in total. The monoisotopic (exact) mass is 221 g/mol. The van der Waals surface area contributed by atoms with Gasteiger partial charge in [-0.15, -0.1) is 11.6 Å². The maximum Gasteiger partial charge on any atom is 0.0716 e. The van der Waals surface area contributed by atoms with Gasteiger partial charge in [-0.1, -0.05) is 38.0 Å². The number of halogens is 1. The van der Waals surface area contributed by atoms with E-state index >= 15 is 0 Å². The third-order valence-electron chi connectivity index (χ3n) is 2.62. The molecule has 2 aliphatic heterocycles. The minimum atomic E-state index is 0.827. The molecule has 2 heterocycles. The van der Waals surface area contributed by atoms with Crippen LogP contribution in [0.1, 0.15) is 26.2 Å². The van der Waals surface area contributed by atoms with Crippen molar-refractivity contribution in [3.63, 3.8) is 0 Å². The van der Waals surface area contributed by atoms with Gasteiger partial charge in [0.1, 0.15) is 0 Å². The Labute approximate surface area is 95.7 Å². The van der Waals surface area contributed by atoms with E-state index in [1.807, 2.05) is 0 Å². The predicted octanol–water partition coefficient (Wildman–Crippen LogP) is 4.36. The van der Waals surface area contributed by atoms with Crippen LogP contribution in [0.15, 0.2) is 30.5 Å². The van der Waals surface area contributed by atoms with Crippen LogP contribution in [0.5, 0.6) is 0 Å². The van der Waals surface area contributed by atoms with Gasteiger partial charge in [0.05, 0.1) is 11.2 Å². The van der Waals surface area contributed by atoms with Gasteiger partial charge in [-0.3, -0.25) is 0 Å². The molecular formula is C13H16ClN. The Bertz CT molecular complexity index is 405. The number of aromatic nitrogens is 1. The highest BCUT2D eigenvalue weighted by atomic mass is 35.5. The smallest absolute Gasteiger partial charge is 0.0716 e. The van der Waals surface area contributed by atoms with Crippen molar-refractivity contribution in [2.75, 3.05) is 5.88 Å². The van der Waals surface area contributed by atoms with Crippen molar-refractivity contribution in [1.82, 2.24) is 4.57 Å². The lowest BCUT2D eigenvalue weighted by Gasteiger charge is -2.02. The largest absolute Gasteiger partial charge is 0.312 e. The third-order valence-corrected chi connectivity index (χ3v) is 2.89. The number of alkyl halides is 1. The maximum atomic E-state index is 5.38. The molecule has 3 rings (SSSR count). The molecule has 2 heteroatoms. The van der Waals surface area contributed by atoms with Gasteiger partial charge >= 0.3 is 0 Å². The lowest BCUT2D eigenvalue weighted by Crippen LogP contribution is -1.84. The molecule has 1 nitrogen and oxygen atoms in total. The zero-order valence-corrected chi connectivity index (χ0v) is 9.80. The second-order valence-corrected chi connectivity index (χ2v) is 4.18. The van der Waals surface area contributed by atoms with Gasteiger partial charge in [-0.05, 0) is 12.5 Å². The molecular weight excluding hydrogens is 206 g/mol. The average Bonchev–Trinajstić information content (AvgIpc) is 2.99. The first-order valence-electron chi connectivity index (χ1n) is 5.55. The number of fused-ring (bicyclic) bond motifs is 4. The molecule has 15 heavy (non-hydrogen) atoms. The van der Waals surface area contributed by atoms with Crippen molar-refractivity contribution in [1.29, 1.82) is 0 Å². The third kappa shape index (κ3) is 2.18. The van der Waals surface area contributed by atoms with E-state index < -0.39 is 0 Å². The van der Waals surface area contributed by atoms with E-state index in [0.29, 0.717) is 0 Å². The van der Waals surface area contributed by atoms with Crippen LogP contribution in [0.4, 0.5) is 0 Å². The Morgan fingerprint density at radius 3 is 2.60 bits per heavy atom. The topological polar surface area (TPSA) is 4.93 Å². The number of benzene rings is 1. The summed E-state index contributed by atoms with van der Waals surface area (Å²) in [5.41, 5.74) is 2.78. The summed E-state index contributed by atoms with van der Waals surface area (Å²) in [5.74, 6) is 0.827. The SMILES string of the molecule is CCCCCCl.c1ccc2c(c1)c1cn2-1. The molecule has 0 spiro atoms. The van der Waals surface area contributed by atoms with E-state index in [1.165, 1.54) is 35.9 Å². The van der Waals surface area contributed by atoms with E-state index in [-0.39, 0.29) is 0 Å². The van der Waals surface area contributed by atoms with Gasteiger partial charge in [0.2, 0.25) is 0 Å². The average molecular weight is 222 g/mol. The summed E-state index contributed by atoms with van der Waals surface area (Å²) < 4.78 is 2.20. The molecule has 80 valence electrons. The molecule has 1 aromatic carbocycles. The molecule has 0 saturated heterocycles. The Hall–Kier alpha value is -0.950. The molecule has 0 fully saturated rings. The van der Waals surface area contributed by atoms with Crippen molar-refractivity contribution in [2.24, 2.45) is 0 Å². The van der Waals surface area contributed by atoms with Crippen molar-refractivity contribution < 1.29 is 0 Å². The van der Waals surface area contributed by atoms with Crippen LogP contribution in [-0.2, 0) is 0 Å². The highest BCUT2D eigenvalue weighted by Crippen LogP contribution is 2.37. The lowest BCUT2D eigenvalue weighted by molar-refractivity contribution is 0.776. The van der Waals surface area contributed by atoms with Crippen LogP contribution in [0.3, 0.4) is 0 Å². The molecule has 2 aliphatic rings. The van der Waals surface area contributed by atoms with Crippen LogP contribution >= 0.6 is 11.6 Å². The van der Waals surface area contributed by atoms with Gasteiger partial charge < -0.3 is 4.57 Å². The van der Waals surface area contributed by atoms with Gasteiger partial charge in [0, 0.05) is 17.5 Å². The first-order valence-corrected chi connectivity index (χ1v) is 6.08. The van der Waals surface area contributed by atoms with Crippen molar-refractivity contribution in [3.05, 3.63) is 30.5 Å². The van der Waals surface area contributed by atoms with E-state index in [1.54, 1.807) is 0 Å². The van der Waals surface area contributed by atoms with Gasteiger partial charge in [0.15, 0.2) is 0 Å². The Morgan fingerprint density at radius 1 is 1.20 bits per heavy atom. The molecule has 0 unspecified atom stereocenters. The normalized spacial score (nSPS) is 11.1. The zero-order valence-electron chi connectivity index (χ0n) is 9.04. The predicted molar refractivity (Wildman–Crippen MR) is 67.1 cm³/mol. The molecule has 0 aromatic heterocycles. The summed E-state index contributed by atoms with van der Waals surface area (Å²) in [6.07, 6.45) is 5.89. The summed E-state index contributed by atoms with van der Waals surface area (Å²) in [6, 6.07) is 8.45. The summed E-state index contributed by atoms with van der Waals surface area (Å²) in [7, 11) is 0. The lowest BCUT2D eigenvalue weighted by atomic mass is 10.2. The number of hydrogen-bond acceptors (Lipinski definition) is 0. The summed E-state index contributed by atoms with van der Waals surface area (Å²) in [6.45, 7) is 2.17. The number of para-hydroxylation sites is 1. The van der Waals surface area contributed by atoms with Crippen LogP contribution < -0.4 is 0 Å². The molecule has 1 aromatic rings. The first kappa shape index (κ1) is 10.6. The highest BCUT2D eigenvalue weighted by molar-refractivity contribution is 6.17. The molecule has 0 radical (unpaired) electrons. The van der Waals surface area contributed by atoms with Crippen molar-refractivity contribution in [3.8, 4) is 5.69 Å². The quantitative estimate of drug-likeness (QED) is 0.458. The van der Waals surface area contributed by atoms with Crippen LogP contribution in [0, 0.1) is 0 Å². The Kier molecular flexibility index (Phi) is 3.32. The first-order chi connectivity index (χ1) is 7.38. The Balaban J connectivity index is 0.000000127. The van der Waals surface area contributed by atoms with E-state index in [4.69, 9.17) is 11.6 Å². The molecule has 0 bridgehead atoms. The number of hydrogen-bond donors (Lipinski definition) is 0. The van der Waals surface area contributed by atoms with Crippen LogP contribution in [0.25, 0.3) is 16.6 Å². The zero-order chi connectivity index (χ0) is 10.7. The number of rotatable bonds is 3. The van der Waals surface area contributed by atoms with Crippen molar-refractivity contribution in [2.45, 2.75) is 26.2 Å². The number of unbranched alkanes of at least 4 members (excludes halogenated alkanes) is 2. The fraction of sp³-hybridized carbons (Fsp3) is 0.385. The fourth-order valence-corrected chi connectivity index (χ4v) is 1.87. The van der Waals surface area contributed by atoms with Crippen molar-refractivity contribution >= 4 is 22.5 Å². The standard InChI is InChI=1S/C8H5N.C5H11Cl/c1-2-4-7-6(3-1)8-5-9(7)8;1-2-3-4-5-6/h1-5H;2-5H2,1H3. The molecule has 0 atom stereocenters. The van der Waals surface area contributed by atoms with Crippen LogP contribution in [0.2, 0.25) is 0 Å². The highest BCUT2D eigenvalue weighted by Gasteiger charge is 2.20. The van der Waals surface area contributed by atoms with E-state index in [0.717, 1.165) is 5.88 Å². The fourth-order valence-electron chi connectivity index (χ4n) is 1.68. The minimum Gasteiger partial charge on any atom is -0.312 e. The Morgan fingerprint density at radius 2 is 2.00 bits per heavy atom. The second-order valence-electron chi connectivity index (χ2n) is 3.80. The summed E-state index contributed by atoms with van der Waals surface area (Å²) in [4.78, 5) is 0. The van der Waals surface area contributed by atoms with Gasteiger partial charge in [0.25, 0.3) is 0 Å². The van der Waals surface area contributed by atoms with Crippen LogP contribution in [-0.4, -0.2) is 10.4 Å². The van der Waals surface area contributed by atoms with E-state index in [9.17, 15) is 0 Å². The summed E-state index contributed by atoms with van der Waals surface area (Å²) >= 11 is 5.38. The molecule has 0 amide bonds. The van der Waals surface area contributed by atoms with Gasteiger partial charge in [-0.25, -0.2) is 0 Å². The number of nitrogens with zero attached hydrogens (tertiary/aromatic N) is 1.